The van der Waals surface area contributed by atoms with Gasteiger partial charge in [0.25, 0.3) is 5.89 Å². The molecule has 28 heavy (non-hydrogen) atoms. The van der Waals surface area contributed by atoms with Gasteiger partial charge in [-0.1, -0.05) is 29.4 Å². The van der Waals surface area contributed by atoms with E-state index in [9.17, 15) is 13.2 Å². The third kappa shape index (κ3) is 3.46. The number of aromatic nitrogens is 4. The van der Waals surface area contributed by atoms with Crippen molar-refractivity contribution in [3.63, 3.8) is 0 Å². The topological polar surface area (TPSA) is 76.8 Å². The molecule has 0 saturated heterocycles. The number of alkyl halides is 3. The van der Waals surface area contributed by atoms with Gasteiger partial charge in [0.05, 0.1) is 18.4 Å². The summed E-state index contributed by atoms with van der Waals surface area (Å²) in [6.07, 6.45) is -4.45. The summed E-state index contributed by atoms with van der Waals surface area (Å²) in [6.45, 7) is 0. The molecular weight excluding hydrogens is 373 g/mol. The summed E-state index contributed by atoms with van der Waals surface area (Å²) in [5.74, 6) is 0.861. The molecule has 0 unspecified atom stereocenters. The van der Waals surface area contributed by atoms with Gasteiger partial charge in [-0.3, -0.25) is 5.10 Å². The molecule has 2 aromatic heterocycles. The van der Waals surface area contributed by atoms with Gasteiger partial charge in [0.2, 0.25) is 5.82 Å². The molecule has 0 bridgehead atoms. The third-order valence-corrected chi connectivity index (χ3v) is 4.05. The van der Waals surface area contributed by atoms with Gasteiger partial charge in [0.1, 0.15) is 11.4 Å². The van der Waals surface area contributed by atoms with Crippen LogP contribution in [-0.2, 0) is 6.18 Å². The van der Waals surface area contributed by atoms with Crippen LogP contribution in [0.25, 0.3) is 34.2 Å². The summed E-state index contributed by atoms with van der Waals surface area (Å²) in [6, 6.07) is 13.8. The van der Waals surface area contributed by atoms with Gasteiger partial charge in [-0.25, -0.2) is 0 Å². The predicted molar refractivity (Wildman–Crippen MR) is 94.3 cm³/mol. The van der Waals surface area contributed by atoms with E-state index in [4.69, 9.17) is 9.26 Å². The largest absolute Gasteiger partial charge is 0.497 e. The Bertz CT molecular complexity index is 1120. The van der Waals surface area contributed by atoms with Crippen molar-refractivity contribution in [2.24, 2.45) is 0 Å². The minimum atomic E-state index is -4.45. The molecule has 0 aliphatic heterocycles. The lowest BCUT2D eigenvalue weighted by Crippen LogP contribution is -2.04. The molecule has 0 amide bonds. The van der Waals surface area contributed by atoms with Gasteiger partial charge >= 0.3 is 6.18 Å². The van der Waals surface area contributed by atoms with Crippen molar-refractivity contribution in [3.8, 4) is 40.0 Å². The van der Waals surface area contributed by atoms with E-state index in [1.807, 2.05) is 24.3 Å². The van der Waals surface area contributed by atoms with E-state index in [2.05, 4.69) is 20.3 Å². The van der Waals surface area contributed by atoms with Crippen LogP contribution in [0.3, 0.4) is 0 Å². The number of halogens is 3. The van der Waals surface area contributed by atoms with Crippen molar-refractivity contribution >= 4 is 0 Å². The quantitative estimate of drug-likeness (QED) is 0.544. The fourth-order valence-corrected chi connectivity index (χ4v) is 2.65. The lowest BCUT2D eigenvalue weighted by Gasteiger charge is -2.06. The number of hydrogen-bond acceptors (Lipinski definition) is 5. The van der Waals surface area contributed by atoms with Crippen LogP contribution < -0.4 is 4.74 Å². The van der Waals surface area contributed by atoms with Crippen LogP contribution in [0.15, 0.2) is 59.1 Å². The zero-order valence-electron chi connectivity index (χ0n) is 14.5. The number of benzene rings is 2. The highest BCUT2D eigenvalue weighted by atomic mass is 19.4. The number of aromatic amines is 1. The van der Waals surface area contributed by atoms with E-state index >= 15 is 0 Å². The van der Waals surface area contributed by atoms with Crippen molar-refractivity contribution in [2.45, 2.75) is 6.18 Å². The van der Waals surface area contributed by atoms with Gasteiger partial charge in [0.15, 0.2) is 0 Å². The first kappa shape index (κ1) is 17.8. The number of nitrogens with zero attached hydrogens (tertiary/aromatic N) is 3. The highest BCUT2D eigenvalue weighted by Crippen LogP contribution is 2.32. The molecule has 0 aliphatic rings. The summed E-state index contributed by atoms with van der Waals surface area (Å²) >= 11 is 0. The fourth-order valence-electron chi connectivity index (χ4n) is 2.65. The van der Waals surface area contributed by atoms with E-state index in [1.165, 1.54) is 12.1 Å². The Balaban J connectivity index is 1.63. The van der Waals surface area contributed by atoms with Crippen molar-refractivity contribution in [3.05, 3.63) is 60.2 Å². The molecule has 0 saturated carbocycles. The van der Waals surface area contributed by atoms with Crippen LogP contribution in [0.4, 0.5) is 13.2 Å². The summed E-state index contributed by atoms with van der Waals surface area (Å²) < 4.78 is 49.0. The Morgan fingerprint density at radius 2 is 1.79 bits per heavy atom. The smallest absolute Gasteiger partial charge is 0.416 e. The average molecular weight is 386 g/mol. The summed E-state index contributed by atoms with van der Waals surface area (Å²) in [5.41, 5.74) is 1.33. The first-order valence-electron chi connectivity index (χ1n) is 8.15. The minimum absolute atomic E-state index is 0.0543. The Morgan fingerprint density at radius 1 is 1.00 bits per heavy atom. The zero-order chi connectivity index (χ0) is 19.7. The molecule has 0 fully saturated rings. The number of H-pyrrole nitrogens is 1. The Hall–Kier alpha value is -3.62. The zero-order valence-corrected chi connectivity index (χ0v) is 14.5. The van der Waals surface area contributed by atoms with Crippen LogP contribution >= 0.6 is 0 Å². The third-order valence-electron chi connectivity index (χ3n) is 4.05. The van der Waals surface area contributed by atoms with Crippen LogP contribution in [-0.4, -0.2) is 27.4 Å². The molecule has 9 heteroatoms. The number of methoxy groups -OCH3 is 1. The highest BCUT2D eigenvalue weighted by molar-refractivity contribution is 5.66. The summed E-state index contributed by atoms with van der Waals surface area (Å²) in [5, 5.41) is 10.8. The van der Waals surface area contributed by atoms with Gasteiger partial charge in [-0.05, 0) is 30.3 Å². The van der Waals surface area contributed by atoms with Gasteiger partial charge in [-0.2, -0.15) is 23.3 Å². The maximum absolute atomic E-state index is 12.9. The maximum Gasteiger partial charge on any atom is 0.416 e. The van der Waals surface area contributed by atoms with Crippen LogP contribution in [0.1, 0.15) is 5.56 Å². The summed E-state index contributed by atoms with van der Waals surface area (Å²) in [7, 11) is 1.57. The molecule has 0 atom stereocenters. The standard InChI is InChI=1S/C19H13F3N4O2/c1-27-14-7-3-4-11(9-14)15-10-16(25-24-15)18-23-17(26-28-18)12-5-2-6-13(8-12)19(20,21)22/h2-10H,1H3,(H,24,25). The predicted octanol–water partition coefficient (Wildman–Crippen LogP) is 4.82. The van der Waals surface area contributed by atoms with E-state index in [1.54, 1.807) is 13.2 Å². The van der Waals surface area contributed by atoms with E-state index < -0.39 is 11.7 Å². The number of rotatable bonds is 4. The fraction of sp³-hybridized carbons (Fsp3) is 0.105. The second-order valence-corrected chi connectivity index (χ2v) is 5.90. The molecular formula is C19H13F3N4O2. The average Bonchev–Trinajstić information content (AvgIpc) is 3.37. The minimum Gasteiger partial charge on any atom is -0.497 e. The van der Waals surface area contributed by atoms with Crippen LogP contribution in [0.5, 0.6) is 5.75 Å². The van der Waals surface area contributed by atoms with E-state index in [0.29, 0.717) is 17.1 Å². The molecule has 0 spiro atoms. The number of nitrogens with one attached hydrogen (secondary N) is 1. The monoisotopic (exact) mass is 386 g/mol. The number of ether oxygens (including phenoxy) is 1. The van der Waals surface area contributed by atoms with Crippen LogP contribution in [0, 0.1) is 0 Å². The molecule has 4 aromatic rings. The highest BCUT2D eigenvalue weighted by Gasteiger charge is 2.30. The van der Waals surface area contributed by atoms with Gasteiger partial charge in [-0.15, -0.1) is 0 Å². The maximum atomic E-state index is 12.9. The molecule has 6 nitrogen and oxygen atoms in total. The van der Waals surface area contributed by atoms with Crippen molar-refractivity contribution in [1.82, 2.24) is 20.3 Å². The van der Waals surface area contributed by atoms with Crippen LogP contribution in [0.2, 0.25) is 0 Å². The summed E-state index contributed by atoms with van der Waals surface area (Å²) in [4.78, 5) is 4.17. The Morgan fingerprint density at radius 3 is 2.57 bits per heavy atom. The molecule has 2 aromatic carbocycles. The molecule has 4 rings (SSSR count). The second-order valence-electron chi connectivity index (χ2n) is 5.90. The Kier molecular flexibility index (Phi) is 4.34. The second kappa shape index (κ2) is 6.84. The lowest BCUT2D eigenvalue weighted by atomic mass is 10.1. The van der Waals surface area contributed by atoms with E-state index in [0.717, 1.165) is 17.7 Å². The first-order chi connectivity index (χ1) is 13.4. The molecule has 142 valence electrons. The van der Waals surface area contributed by atoms with Crippen molar-refractivity contribution < 1.29 is 22.4 Å². The van der Waals surface area contributed by atoms with Crippen molar-refractivity contribution in [1.29, 1.82) is 0 Å². The lowest BCUT2D eigenvalue weighted by molar-refractivity contribution is -0.137. The molecule has 2 heterocycles. The molecule has 0 radical (unpaired) electrons. The van der Waals surface area contributed by atoms with E-state index in [-0.39, 0.29) is 17.3 Å². The first-order valence-corrected chi connectivity index (χ1v) is 8.15. The molecule has 1 N–H and O–H groups in total. The van der Waals surface area contributed by atoms with Gasteiger partial charge < -0.3 is 9.26 Å². The SMILES string of the molecule is COc1cccc(-c2cc(-c3nc(-c4cccc(C(F)(F)F)c4)no3)[nH]n2)c1. The molecule has 0 aliphatic carbocycles. The Labute approximate surface area is 157 Å². The van der Waals surface area contributed by atoms with Crippen molar-refractivity contribution in [2.75, 3.05) is 7.11 Å². The normalized spacial score (nSPS) is 11.6. The van der Waals surface area contributed by atoms with Gasteiger partial charge in [0, 0.05) is 11.1 Å². The number of hydrogen-bond donors (Lipinski definition) is 1.